The van der Waals surface area contributed by atoms with E-state index in [-0.39, 0.29) is 16.4 Å². The molecule has 2 aromatic carbocycles. The number of anilines is 1. The van der Waals surface area contributed by atoms with E-state index < -0.39 is 0 Å². The maximum atomic E-state index is 12.3. The van der Waals surface area contributed by atoms with Crippen molar-refractivity contribution < 1.29 is 14.3 Å². The number of carbonyl (C=O) groups excluding carboxylic acids is 1. The third-order valence-electron chi connectivity index (χ3n) is 4.98. The summed E-state index contributed by atoms with van der Waals surface area (Å²) in [7, 11) is 1.62. The fraction of sp³-hybridized carbons (Fsp3) is 0.273. The fourth-order valence-corrected chi connectivity index (χ4v) is 4.94. The van der Waals surface area contributed by atoms with Gasteiger partial charge in [-0.3, -0.25) is 9.89 Å². The van der Waals surface area contributed by atoms with Gasteiger partial charge in [0.2, 0.25) is 5.91 Å². The average Bonchev–Trinajstić information content (AvgIpc) is 3.03. The number of hydrogen-bond donors (Lipinski definition) is 2. The van der Waals surface area contributed by atoms with Gasteiger partial charge >= 0.3 is 0 Å². The summed E-state index contributed by atoms with van der Waals surface area (Å²) in [6.45, 7) is 4.24. The summed E-state index contributed by atoms with van der Waals surface area (Å²) in [5.74, 6) is 1.81. The molecule has 0 aliphatic carbocycles. The number of H-pyrrole nitrogens is 1. The van der Waals surface area contributed by atoms with Gasteiger partial charge in [-0.05, 0) is 49.2 Å². The van der Waals surface area contributed by atoms with Gasteiger partial charge in [0.25, 0.3) is 0 Å². The Morgan fingerprint density at radius 1 is 1.20 bits per heavy atom. The van der Waals surface area contributed by atoms with Crippen LogP contribution >= 0.6 is 23.4 Å². The van der Waals surface area contributed by atoms with Gasteiger partial charge in [0.15, 0.2) is 17.3 Å². The number of thioether (sulfide) groups is 1. The van der Waals surface area contributed by atoms with Crippen LogP contribution < -0.4 is 14.8 Å². The van der Waals surface area contributed by atoms with Crippen LogP contribution in [0.2, 0.25) is 5.02 Å². The Bertz CT molecular complexity index is 1090. The maximum absolute atomic E-state index is 12.3. The van der Waals surface area contributed by atoms with Gasteiger partial charge in [-0.25, -0.2) is 0 Å². The Morgan fingerprint density at radius 3 is 2.80 bits per heavy atom. The van der Waals surface area contributed by atoms with Gasteiger partial charge in [-0.1, -0.05) is 29.8 Å². The molecule has 6 nitrogen and oxygen atoms in total. The zero-order valence-corrected chi connectivity index (χ0v) is 18.4. The molecule has 0 fully saturated rings. The van der Waals surface area contributed by atoms with Crippen molar-refractivity contribution in [2.24, 2.45) is 0 Å². The number of halogens is 1. The first kappa shape index (κ1) is 20.6. The minimum atomic E-state index is -0.214. The summed E-state index contributed by atoms with van der Waals surface area (Å²) in [5.41, 5.74) is 3.90. The summed E-state index contributed by atoms with van der Waals surface area (Å²) < 4.78 is 11.6. The van der Waals surface area contributed by atoms with E-state index in [0.717, 1.165) is 22.4 Å². The van der Waals surface area contributed by atoms with Crippen LogP contribution in [0.15, 0.2) is 42.5 Å². The van der Waals surface area contributed by atoms with E-state index in [2.05, 4.69) is 15.5 Å². The number of nitrogens with one attached hydrogen (secondary N) is 2. The minimum absolute atomic E-state index is 0.0521. The second-order valence-electron chi connectivity index (χ2n) is 7.09. The lowest BCUT2D eigenvalue weighted by molar-refractivity contribution is -0.115. The largest absolute Gasteiger partial charge is 0.493 e. The molecule has 3 aromatic rings. The van der Waals surface area contributed by atoms with Crippen LogP contribution in [0.1, 0.15) is 34.6 Å². The number of ether oxygens (including phenoxy) is 2. The molecule has 4 rings (SSSR count). The normalized spacial score (nSPS) is 18.3. The molecular weight excluding hydrogens is 422 g/mol. The molecule has 0 spiro atoms. The molecule has 1 aliphatic heterocycles. The number of hydrogen-bond acceptors (Lipinski definition) is 5. The van der Waals surface area contributed by atoms with Crippen LogP contribution in [-0.4, -0.2) is 28.5 Å². The first-order valence-corrected chi connectivity index (χ1v) is 10.8. The van der Waals surface area contributed by atoms with Crippen molar-refractivity contribution >= 4 is 35.1 Å². The number of amides is 1. The van der Waals surface area contributed by atoms with Crippen molar-refractivity contribution in [1.82, 2.24) is 10.2 Å². The Morgan fingerprint density at radius 2 is 2.03 bits per heavy atom. The summed E-state index contributed by atoms with van der Waals surface area (Å²) in [6, 6.07) is 13.4. The highest BCUT2D eigenvalue weighted by molar-refractivity contribution is 8.01. The monoisotopic (exact) mass is 443 g/mol. The predicted molar refractivity (Wildman–Crippen MR) is 120 cm³/mol. The summed E-state index contributed by atoms with van der Waals surface area (Å²) in [4.78, 5) is 12.3. The topological polar surface area (TPSA) is 76.2 Å². The van der Waals surface area contributed by atoms with Gasteiger partial charge in [0, 0.05) is 16.3 Å². The molecule has 0 radical (unpaired) electrons. The number of carbonyl (C=O) groups is 1. The van der Waals surface area contributed by atoms with Gasteiger partial charge in [0.05, 0.1) is 17.6 Å². The van der Waals surface area contributed by atoms with E-state index in [1.165, 1.54) is 0 Å². The van der Waals surface area contributed by atoms with Crippen LogP contribution in [0, 0.1) is 6.92 Å². The molecule has 0 saturated heterocycles. The van der Waals surface area contributed by atoms with Gasteiger partial charge in [0.1, 0.15) is 6.61 Å². The second kappa shape index (κ2) is 8.62. The van der Waals surface area contributed by atoms with Gasteiger partial charge in [-0.2, -0.15) is 5.10 Å². The predicted octanol–water partition coefficient (Wildman–Crippen LogP) is 5.12. The molecule has 8 heteroatoms. The van der Waals surface area contributed by atoms with Gasteiger partial charge in [-0.15, -0.1) is 11.8 Å². The Kier molecular flexibility index (Phi) is 5.92. The highest BCUT2D eigenvalue weighted by Crippen LogP contribution is 2.46. The number of fused-ring (bicyclic) bond motifs is 1. The van der Waals surface area contributed by atoms with E-state index in [0.29, 0.717) is 28.9 Å². The quantitative estimate of drug-likeness (QED) is 0.572. The Labute approximate surface area is 184 Å². The average molecular weight is 444 g/mol. The van der Waals surface area contributed by atoms with Crippen LogP contribution in [0.4, 0.5) is 5.82 Å². The van der Waals surface area contributed by atoms with E-state index in [1.54, 1.807) is 18.9 Å². The standard InChI is InChI=1S/C22H22ClN3O3S/c1-12-19-20(30-13(2)22(27)24-21(19)26-25-12)15-7-8-17(18(10-15)28-3)29-11-14-5-4-6-16(23)9-14/h4-10,13,20H,11H2,1-3H3,(H2,24,25,26,27). The van der Waals surface area contributed by atoms with E-state index in [1.807, 2.05) is 56.3 Å². The van der Waals surface area contributed by atoms with Crippen molar-refractivity contribution in [3.05, 3.63) is 69.9 Å². The van der Waals surface area contributed by atoms with E-state index in [9.17, 15) is 4.79 Å². The number of aromatic amines is 1. The second-order valence-corrected chi connectivity index (χ2v) is 8.97. The molecule has 2 unspecified atom stereocenters. The fourth-order valence-electron chi connectivity index (χ4n) is 3.41. The smallest absolute Gasteiger partial charge is 0.238 e. The van der Waals surface area contributed by atoms with E-state index in [4.69, 9.17) is 21.1 Å². The van der Waals surface area contributed by atoms with Crippen LogP contribution in [-0.2, 0) is 11.4 Å². The molecule has 156 valence electrons. The summed E-state index contributed by atoms with van der Waals surface area (Å²) in [6.07, 6.45) is 0. The van der Waals surface area contributed by atoms with Crippen LogP contribution in [0.5, 0.6) is 11.5 Å². The maximum Gasteiger partial charge on any atom is 0.238 e. The van der Waals surface area contributed by atoms with E-state index >= 15 is 0 Å². The Balaban J connectivity index is 1.63. The first-order chi connectivity index (χ1) is 14.5. The molecule has 30 heavy (non-hydrogen) atoms. The lowest BCUT2D eigenvalue weighted by atomic mass is 10.0. The first-order valence-electron chi connectivity index (χ1n) is 9.52. The van der Waals surface area contributed by atoms with Crippen LogP contribution in [0.25, 0.3) is 0 Å². The molecule has 1 aromatic heterocycles. The Hall–Kier alpha value is -2.64. The number of aromatic nitrogens is 2. The van der Waals surface area contributed by atoms with Crippen molar-refractivity contribution in [3.8, 4) is 11.5 Å². The minimum Gasteiger partial charge on any atom is -0.493 e. The molecule has 2 heterocycles. The number of rotatable bonds is 5. The molecule has 0 bridgehead atoms. The van der Waals surface area contributed by atoms with Crippen molar-refractivity contribution in [1.29, 1.82) is 0 Å². The molecule has 2 N–H and O–H groups in total. The van der Waals surface area contributed by atoms with Crippen LogP contribution in [0.3, 0.4) is 0 Å². The summed E-state index contributed by atoms with van der Waals surface area (Å²) in [5, 5.41) is 10.6. The van der Waals surface area contributed by atoms with Crippen molar-refractivity contribution in [2.75, 3.05) is 12.4 Å². The lowest BCUT2D eigenvalue weighted by Gasteiger charge is -2.19. The van der Waals surface area contributed by atoms with Gasteiger partial charge < -0.3 is 14.8 Å². The molecule has 2 atom stereocenters. The SMILES string of the molecule is COc1cc(C2SC(C)C(=O)Nc3n[nH]c(C)c32)ccc1OCc1cccc(Cl)c1. The summed E-state index contributed by atoms with van der Waals surface area (Å²) >= 11 is 7.64. The molecule has 0 saturated carbocycles. The third kappa shape index (κ3) is 4.13. The lowest BCUT2D eigenvalue weighted by Crippen LogP contribution is -2.21. The number of benzene rings is 2. The number of methoxy groups -OCH3 is 1. The molecule has 1 amide bonds. The number of nitrogens with zero attached hydrogens (tertiary/aromatic N) is 1. The van der Waals surface area contributed by atoms with Crippen molar-refractivity contribution in [2.45, 2.75) is 31.0 Å². The molecule has 1 aliphatic rings. The molecular formula is C22H22ClN3O3S. The zero-order chi connectivity index (χ0) is 21.3. The number of aryl methyl sites for hydroxylation is 1. The third-order valence-corrected chi connectivity index (χ3v) is 6.62. The highest BCUT2D eigenvalue weighted by atomic mass is 35.5. The highest BCUT2D eigenvalue weighted by Gasteiger charge is 2.32. The zero-order valence-electron chi connectivity index (χ0n) is 16.9. The van der Waals surface area contributed by atoms with Crippen molar-refractivity contribution in [3.63, 3.8) is 0 Å².